The molecule has 1 aromatic rings. The van der Waals surface area contributed by atoms with Gasteiger partial charge in [-0.05, 0) is 64.2 Å². The second-order valence-corrected chi connectivity index (χ2v) is 7.13. The molecule has 0 aromatic carbocycles. The normalized spacial score (nSPS) is 12.8. The van der Waals surface area contributed by atoms with Crippen LogP contribution >= 0.6 is 43.2 Å². The first-order chi connectivity index (χ1) is 7.54. The molecule has 1 unspecified atom stereocenters. The first-order valence-corrected chi connectivity index (χ1v) is 7.77. The van der Waals surface area contributed by atoms with Crippen LogP contribution in [0.15, 0.2) is 26.5 Å². The monoisotopic (exact) mass is 365 g/mol. The van der Waals surface area contributed by atoms with Crippen LogP contribution in [0.25, 0.3) is 0 Å². The first kappa shape index (κ1) is 14.4. The van der Waals surface area contributed by atoms with Crippen molar-refractivity contribution < 1.29 is 0 Å². The number of halogens is 2. The van der Waals surface area contributed by atoms with Crippen molar-refractivity contribution in [2.24, 2.45) is 0 Å². The van der Waals surface area contributed by atoms with E-state index in [1.807, 2.05) is 0 Å². The standard InChI is InChI=1S/C12H17Br2NS/c1-4-15-10(6-5-8(2)3)11-7-9(13)12(14)16-11/h7,10,15H,2,4-6H2,1,3H3. The highest BCUT2D eigenvalue weighted by Gasteiger charge is 2.14. The summed E-state index contributed by atoms with van der Waals surface area (Å²) in [5.74, 6) is 0. The van der Waals surface area contributed by atoms with Crippen LogP contribution in [0.1, 0.15) is 37.6 Å². The fourth-order valence-electron chi connectivity index (χ4n) is 1.52. The Morgan fingerprint density at radius 3 is 2.69 bits per heavy atom. The van der Waals surface area contributed by atoms with Gasteiger partial charge in [0.2, 0.25) is 0 Å². The fourth-order valence-corrected chi connectivity index (χ4v) is 3.72. The van der Waals surface area contributed by atoms with Crippen LogP contribution < -0.4 is 5.32 Å². The van der Waals surface area contributed by atoms with E-state index in [9.17, 15) is 0 Å². The van der Waals surface area contributed by atoms with Gasteiger partial charge in [0.25, 0.3) is 0 Å². The van der Waals surface area contributed by atoms with Gasteiger partial charge in [-0.15, -0.1) is 17.9 Å². The van der Waals surface area contributed by atoms with E-state index in [0.717, 1.165) is 23.9 Å². The minimum atomic E-state index is 0.439. The number of allylic oxidation sites excluding steroid dienone is 1. The smallest absolute Gasteiger partial charge is 0.0843 e. The van der Waals surface area contributed by atoms with E-state index in [1.165, 1.54) is 14.2 Å². The maximum atomic E-state index is 3.96. The van der Waals surface area contributed by atoms with Gasteiger partial charge >= 0.3 is 0 Å². The minimum absolute atomic E-state index is 0.439. The number of hydrogen-bond donors (Lipinski definition) is 1. The van der Waals surface area contributed by atoms with Crippen LogP contribution in [0, 0.1) is 0 Å². The van der Waals surface area contributed by atoms with E-state index in [0.29, 0.717) is 6.04 Å². The molecule has 1 N–H and O–H groups in total. The van der Waals surface area contributed by atoms with Crippen LogP contribution in [0.2, 0.25) is 0 Å². The molecule has 0 amide bonds. The summed E-state index contributed by atoms with van der Waals surface area (Å²) in [5, 5.41) is 3.52. The predicted molar refractivity (Wildman–Crippen MR) is 80.2 cm³/mol. The lowest BCUT2D eigenvalue weighted by Crippen LogP contribution is -2.19. The van der Waals surface area contributed by atoms with Gasteiger partial charge in [-0.25, -0.2) is 0 Å². The van der Waals surface area contributed by atoms with Gasteiger partial charge in [0.05, 0.1) is 3.79 Å². The fraction of sp³-hybridized carbons (Fsp3) is 0.500. The van der Waals surface area contributed by atoms with E-state index in [4.69, 9.17) is 0 Å². The number of nitrogens with one attached hydrogen (secondary N) is 1. The topological polar surface area (TPSA) is 12.0 Å². The van der Waals surface area contributed by atoms with Gasteiger partial charge in [-0.3, -0.25) is 0 Å². The molecule has 0 bridgehead atoms. The molecule has 90 valence electrons. The Morgan fingerprint density at radius 1 is 1.56 bits per heavy atom. The molecular formula is C12H17Br2NS. The summed E-state index contributed by atoms with van der Waals surface area (Å²) >= 11 is 8.87. The van der Waals surface area contributed by atoms with Gasteiger partial charge in [-0.1, -0.05) is 12.5 Å². The van der Waals surface area contributed by atoms with Crippen molar-refractivity contribution in [3.63, 3.8) is 0 Å². The SMILES string of the molecule is C=C(C)CCC(NCC)c1cc(Br)c(Br)s1. The predicted octanol–water partition coefficient (Wildman–Crippen LogP) is 5.28. The molecule has 0 aliphatic heterocycles. The Balaban J connectivity index is 2.72. The van der Waals surface area contributed by atoms with Crippen molar-refractivity contribution in [3.05, 3.63) is 31.4 Å². The molecule has 0 fully saturated rings. The largest absolute Gasteiger partial charge is 0.310 e. The van der Waals surface area contributed by atoms with Crippen molar-refractivity contribution in [3.8, 4) is 0 Å². The summed E-state index contributed by atoms with van der Waals surface area (Å²) in [6.07, 6.45) is 2.19. The molecule has 0 aliphatic rings. The average molecular weight is 367 g/mol. The molecule has 16 heavy (non-hydrogen) atoms. The van der Waals surface area contributed by atoms with Gasteiger partial charge in [0, 0.05) is 15.4 Å². The van der Waals surface area contributed by atoms with Gasteiger partial charge < -0.3 is 5.32 Å². The molecular weight excluding hydrogens is 350 g/mol. The number of thiophene rings is 1. The van der Waals surface area contributed by atoms with Crippen molar-refractivity contribution in [2.75, 3.05) is 6.54 Å². The maximum absolute atomic E-state index is 3.96. The lowest BCUT2D eigenvalue weighted by Gasteiger charge is -2.16. The maximum Gasteiger partial charge on any atom is 0.0843 e. The highest BCUT2D eigenvalue weighted by atomic mass is 79.9. The van der Waals surface area contributed by atoms with E-state index < -0.39 is 0 Å². The molecule has 0 aliphatic carbocycles. The number of rotatable bonds is 6. The Bertz CT molecular complexity index is 340. The molecule has 1 rings (SSSR count). The third kappa shape index (κ3) is 4.32. The zero-order chi connectivity index (χ0) is 12.1. The molecule has 4 heteroatoms. The van der Waals surface area contributed by atoms with Crippen LogP contribution in [-0.4, -0.2) is 6.54 Å². The van der Waals surface area contributed by atoms with Crippen molar-refractivity contribution >= 4 is 43.2 Å². The minimum Gasteiger partial charge on any atom is -0.310 e. The summed E-state index contributed by atoms with van der Waals surface area (Å²) in [6.45, 7) is 9.19. The zero-order valence-electron chi connectivity index (χ0n) is 9.65. The summed E-state index contributed by atoms with van der Waals surface area (Å²) in [6, 6.07) is 2.63. The van der Waals surface area contributed by atoms with Gasteiger partial charge in [0.15, 0.2) is 0 Å². The molecule has 0 radical (unpaired) electrons. The first-order valence-electron chi connectivity index (χ1n) is 5.37. The van der Waals surface area contributed by atoms with Gasteiger partial charge in [0.1, 0.15) is 0 Å². The summed E-state index contributed by atoms with van der Waals surface area (Å²) in [7, 11) is 0. The third-order valence-electron chi connectivity index (χ3n) is 2.32. The lowest BCUT2D eigenvalue weighted by molar-refractivity contribution is 0.522. The van der Waals surface area contributed by atoms with Crippen LogP contribution in [0.3, 0.4) is 0 Å². The molecule has 1 heterocycles. The lowest BCUT2D eigenvalue weighted by atomic mass is 10.1. The molecule has 0 saturated carbocycles. The molecule has 1 nitrogen and oxygen atoms in total. The van der Waals surface area contributed by atoms with Crippen molar-refractivity contribution in [1.82, 2.24) is 5.32 Å². The van der Waals surface area contributed by atoms with Crippen LogP contribution in [0.5, 0.6) is 0 Å². The number of hydrogen-bond acceptors (Lipinski definition) is 2. The molecule has 0 spiro atoms. The van der Waals surface area contributed by atoms with Crippen molar-refractivity contribution in [2.45, 2.75) is 32.7 Å². The summed E-state index contributed by atoms with van der Waals surface area (Å²) < 4.78 is 2.31. The second-order valence-electron chi connectivity index (χ2n) is 3.88. The Hall–Kier alpha value is 0.360. The van der Waals surface area contributed by atoms with E-state index >= 15 is 0 Å². The highest BCUT2D eigenvalue weighted by Crippen LogP contribution is 2.36. The Labute approximate surface area is 119 Å². The zero-order valence-corrected chi connectivity index (χ0v) is 13.6. The van der Waals surface area contributed by atoms with Crippen LogP contribution in [-0.2, 0) is 0 Å². The van der Waals surface area contributed by atoms with Crippen molar-refractivity contribution in [1.29, 1.82) is 0 Å². The Kier molecular flexibility index (Phi) is 6.26. The second kappa shape index (κ2) is 6.94. The average Bonchev–Trinajstić information content (AvgIpc) is 2.53. The molecule has 1 atom stereocenters. The van der Waals surface area contributed by atoms with Gasteiger partial charge in [-0.2, -0.15) is 0 Å². The summed E-state index contributed by atoms with van der Waals surface area (Å²) in [5.41, 5.74) is 1.25. The third-order valence-corrected chi connectivity index (χ3v) is 5.69. The Morgan fingerprint density at radius 2 is 2.25 bits per heavy atom. The van der Waals surface area contributed by atoms with E-state index in [-0.39, 0.29) is 0 Å². The highest BCUT2D eigenvalue weighted by molar-refractivity contribution is 9.13. The van der Waals surface area contributed by atoms with Crippen LogP contribution in [0.4, 0.5) is 0 Å². The molecule has 1 aromatic heterocycles. The quantitative estimate of drug-likeness (QED) is 0.675. The molecule has 0 saturated heterocycles. The van der Waals surface area contributed by atoms with E-state index in [1.54, 1.807) is 11.3 Å². The van der Waals surface area contributed by atoms with E-state index in [2.05, 4.69) is 63.7 Å². The summed E-state index contributed by atoms with van der Waals surface area (Å²) in [4.78, 5) is 1.38.